The summed E-state index contributed by atoms with van der Waals surface area (Å²) in [7, 11) is 0. The lowest BCUT2D eigenvalue weighted by molar-refractivity contribution is -0.140. The fourth-order valence-electron chi connectivity index (χ4n) is 5.92. The Kier molecular flexibility index (Phi) is 7.66. The summed E-state index contributed by atoms with van der Waals surface area (Å²) in [5, 5.41) is 4.28. The lowest BCUT2D eigenvalue weighted by atomic mass is 9.93. The van der Waals surface area contributed by atoms with Gasteiger partial charge < -0.3 is 15.1 Å². The Bertz CT molecular complexity index is 1470. The molecule has 9 nitrogen and oxygen atoms in total. The fraction of sp³-hybridized carbons (Fsp3) is 0.516. The van der Waals surface area contributed by atoms with Crippen molar-refractivity contribution in [2.75, 3.05) is 31.5 Å². The highest BCUT2D eigenvalue weighted by molar-refractivity contribution is 5.83. The normalized spacial score (nSPS) is 17.3. The number of nitrogens with one attached hydrogen (secondary N) is 1. The largest absolute Gasteiger partial charge is 0.351 e. The highest BCUT2D eigenvalue weighted by Gasteiger charge is 2.31. The van der Waals surface area contributed by atoms with Crippen molar-refractivity contribution in [3.8, 4) is 11.1 Å². The number of carbonyl (C=O) groups excluding carboxylic acids is 2. The van der Waals surface area contributed by atoms with E-state index in [1.807, 2.05) is 72.4 Å². The highest BCUT2D eigenvalue weighted by Crippen LogP contribution is 2.29. The number of rotatable bonds is 4. The number of hydrogen-bond donors (Lipinski definition) is 1. The van der Waals surface area contributed by atoms with E-state index in [-0.39, 0.29) is 34.9 Å². The van der Waals surface area contributed by atoms with Crippen molar-refractivity contribution >= 4 is 28.8 Å². The maximum atomic E-state index is 14.1. The van der Waals surface area contributed by atoms with Crippen molar-refractivity contribution in [2.45, 2.75) is 72.4 Å². The Morgan fingerprint density at radius 3 is 2.23 bits per heavy atom. The summed E-state index contributed by atoms with van der Waals surface area (Å²) in [6.45, 7) is 12.1. The average Bonchev–Trinajstić information content (AvgIpc) is 2.93. The molecule has 2 fully saturated rings. The van der Waals surface area contributed by atoms with Crippen LogP contribution in [0, 0.1) is 12.3 Å². The smallest absolute Gasteiger partial charge is 0.260 e. The molecule has 0 saturated carbocycles. The van der Waals surface area contributed by atoms with Crippen molar-refractivity contribution in [3.63, 3.8) is 0 Å². The lowest BCUT2D eigenvalue weighted by Crippen LogP contribution is -2.46. The topological polar surface area (TPSA) is 100 Å². The van der Waals surface area contributed by atoms with Crippen LogP contribution in [0.1, 0.15) is 65.0 Å². The molecule has 1 N–H and O–H groups in total. The van der Waals surface area contributed by atoms with Gasteiger partial charge in [0.1, 0.15) is 5.65 Å². The van der Waals surface area contributed by atoms with Crippen molar-refractivity contribution in [2.24, 2.45) is 5.41 Å². The monoisotopic (exact) mass is 544 g/mol. The molecule has 1 aromatic carbocycles. The molecule has 40 heavy (non-hydrogen) atoms. The summed E-state index contributed by atoms with van der Waals surface area (Å²) in [4.78, 5) is 52.0. The average molecular weight is 545 g/mol. The van der Waals surface area contributed by atoms with Crippen LogP contribution in [0.15, 0.2) is 41.3 Å². The van der Waals surface area contributed by atoms with E-state index in [2.05, 4.69) is 10.3 Å². The molecule has 2 aromatic heterocycles. The Labute approximate surface area is 235 Å². The maximum absolute atomic E-state index is 14.1. The number of pyridine rings is 1. The van der Waals surface area contributed by atoms with Crippen molar-refractivity contribution in [3.05, 3.63) is 52.4 Å². The third-order valence-electron chi connectivity index (χ3n) is 8.24. The number of piperidine rings is 2. The van der Waals surface area contributed by atoms with Gasteiger partial charge in [0.25, 0.3) is 5.56 Å². The van der Waals surface area contributed by atoms with E-state index in [4.69, 9.17) is 4.98 Å². The van der Waals surface area contributed by atoms with Crippen molar-refractivity contribution in [1.29, 1.82) is 0 Å². The number of aryl methyl sites for hydroxylation is 1. The highest BCUT2D eigenvalue weighted by atomic mass is 16.2. The predicted octanol–water partition coefficient (Wildman–Crippen LogP) is 4.40. The van der Waals surface area contributed by atoms with Crippen LogP contribution >= 0.6 is 0 Å². The zero-order valence-electron chi connectivity index (χ0n) is 24.2. The second-order valence-electron chi connectivity index (χ2n) is 12.2. The number of benzene rings is 1. The van der Waals surface area contributed by atoms with Crippen LogP contribution in [0.2, 0.25) is 0 Å². The van der Waals surface area contributed by atoms with E-state index in [0.717, 1.165) is 29.4 Å². The SMILES string of the molecule is CC(=O)N1CCC(n2c(=O)c(-c3ccccc3C)cc3cnc(NC4CCN(C(=O)C(C)(C)C)CC4)nc32)CC1. The molecule has 2 saturated heterocycles. The lowest BCUT2D eigenvalue weighted by Gasteiger charge is -2.36. The molecule has 2 aliphatic heterocycles. The summed E-state index contributed by atoms with van der Waals surface area (Å²) >= 11 is 0. The van der Waals surface area contributed by atoms with Gasteiger partial charge in [0.05, 0.1) is 0 Å². The van der Waals surface area contributed by atoms with Gasteiger partial charge in [-0.25, -0.2) is 4.98 Å². The number of aromatic nitrogens is 3. The molecular weight excluding hydrogens is 504 g/mol. The van der Waals surface area contributed by atoms with Gasteiger partial charge in [0.2, 0.25) is 17.8 Å². The Morgan fingerprint density at radius 1 is 0.950 bits per heavy atom. The number of likely N-dealkylation sites (tertiary alicyclic amines) is 2. The molecule has 4 heterocycles. The minimum absolute atomic E-state index is 0.0633. The predicted molar refractivity (Wildman–Crippen MR) is 157 cm³/mol. The first-order valence-corrected chi connectivity index (χ1v) is 14.3. The first kappa shape index (κ1) is 27.8. The second-order valence-corrected chi connectivity index (χ2v) is 12.2. The zero-order chi connectivity index (χ0) is 28.6. The van der Waals surface area contributed by atoms with E-state index in [1.54, 1.807) is 13.1 Å². The molecule has 3 aromatic rings. The summed E-state index contributed by atoms with van der Waals surface area (Å²) in [5.74, 6) is 0.733. The Morgan fingerprint density at radius 2 is 1.60 bits per heavy atom. The van der Waals surface area contributed by atoms with Crippen LogP contribution in [-0.4, -0.2) is 68.4 Å². The Hall–Kier alpha value is -3.75. The molecule has 0 bridgehead atoms. The van der Waals surface area contributed by atoms with Crippen molar-refractivity contribution < 1.29 is 9.59 Å². The summed E-state index contributed by atoms with van der Waals surface area (Å²) in [6.07, 6.45) is 4.81. The van der Waals surface area contributed by atoms with Crippen LogP contribution in [0.3, 0.4) is 0 Å². The fourth-order valence-corrected chi connectivity index (χ4v) is 5.92. The second kappa shape index (κ2) is 11.0. The minimum Gasteiger partial charge on any atom is -0.351 e. The van der Waals surface area contributed by atoms with Gasteiger partial charge in [-0.15, -0.1) is 0 Å². The van der Waals surface area contributed by atoms with Crippen LogP contribution in [0.25, 0.3) is 22.2 Å². The van der Waals surface area contributed by atoms with Gasteiger partial charge in [-0.1, -0.05) is 45.0 Å². The molecule has 2 aliphatic rings. The van der Waals surface area contributed by atoms with Crippen LogP contribution < -0.4 is 10.9 Å². The number of amides is 2. The molecule has 0 unspecified atom stereocenters. The third kappa shape index (κ3) is 5.60. The van der Waals surface area contributed by atoms with Gasteiger partial charge in [0.15, 0.2) is 0 Å². The summed E-state index contributed by atoms with van der Waals surface area (Å²) < 4.78 is 1.84. The molecule has 0 radical (unpaired) electrons. The van der Waals surface area contributed by atoms with E-state index in [9.17, 15) is 14.4 Å². The molecule has 0 aliphatic carbocycles. The molecular formula is C31H40N6O3. The summed E-state index contributed by atoms with van der Waals surface area (Å²) in [6, 6.07) is 9.90. The number of hydrogen-bond acceptors (Lipinski definition) is 6. The van der Waals surface area contributed by atoms with E-state index in [0.29, 0.717) is 56.2 Å². The van der Waals surface area contributed by atoms with Gasteiger partial charge in [-0.3, -0.25) is 19.0 Å². The van der Waals surface area contributed by atoms with Gasteiger partial charge in [0, 0.05) is 67.7 Å². The number of carbonyl (C=O) groups is 2. The molecule has 0 atom stereocenters. The standard InChI is InChI=1S/C31H40N6O3/c1-20-8-6-7-9-25(20)26-18-22-19-32-30(33-23-10-14-36(15-11-23)29(40)31(3,4)5)34-27(22)37(28(26)39)24-12-16-35(17-13-24)21(2)38/h6-9,18-19,23-24H,10-17H2,1-5H3,(H,32,33,34). The minimum atomic E-state index is -0.386. The zero-order valence-corrected chi connectivity index (χ0v) is 24.2. The quantitative estimate of drug-likeness (QED) is 0.523. The maximum Gasteiger partial charge on any atom is 0.260 e. The van der Waals surface area contributed by atoms with E-state index >= 15 is 0 Å². The third-order valence-corrected chi connectivity index (χ3v) is 8.24. The van der Waals surface area contributed by atoms with Crippen molar-refractivity contribution in [1.82, 2.24) is 24.3 Å². The molecule has 0 spiro atoms. The van der Waals surface area contributed by atoms with E-state index in [1.165, 1.54) is 0 Å². The number of fused-ring (bicyclic) bond motifs is 1. The molecule has 2 amide bonds. The number of nitrogens with zero attached hydrogens (tertiary/aromatic N) is 5. The molecule has 9 heteroatoms. The van der Waals surface area contributed by atoms with Gasteiger partial charge in [-0.05, 0) is 49.8 Å². The van der Waals surface area contributed by atoms with Crippen LogP contribution in [0.5, 0.6) is 0 Å². The first-order valence-electron chi connectivity index (χ1n) is 14.3. The van der Waals surface area contributed by atoms with Crippen LogP contribution in [0.4, 0.5) is 5.95 Å². The first-order chi connectivity index (χ1) is 19.0. The molecule has 5 rings (SSSR count). The van der Waals surface area contributed by atoms with Gasteiger partial charge in [-0.2, -0.15) is 4.98 Å². The Balaban J connectivity index is 1.47. The van der Waals surface area contributed by atoms with Crippen LogP contribution in [-0.2, 0) is 9.59 Å². The number of anilines is 1. The summed E-state index contributed by atoms with van der Waals surface area (Å²) in [5.41, 5.74) is 2.74. The van der Waals surface area contributed by atoms with Gasteiger partial charge >= 0.3 is 0 Å². The molecule has 212 valence electrons. The van der Waals surface area contributed by atoms with E-state index < -0.39 is 0 Å².